The van der Waals surface area contributed by atoms with Crippen molar-refractivity contribution in [2.24, 2.45) is 17.6 Å². The Labute approximate surface area is 70.4 Å². The van der Waals surface area contributed by atoms with Crippen molar-refractivity contribution >= 4 is 0 Å². The van der Waals surface area contributed by atoms with Gasteiger partial charge in [-0.3, -0.25) is 0 Å². The van der Waals surface area contributed by atoms with E-state index in [1.807, 2.05) is 0 Å². The highest BCUT2D eigenvalue weighted by Crippen LogP contribution is 2.32. The predicted molar refractivity (Wildman–Crippen MR) is 49.4 cm³/mol. The van der Waals surface area contributed by atoms with Crippen LogP contribution in [0.4, 0.5) is 0 Å². The summed E-state index contributed by atoms with van der Waals surface area (Å²) in [6.45, 7) is 4.54. The van der Waals surface area contributed by atoms with Crippen LogP contribution in [0.25, 0.3) is 0 Å². The highest BCUT2D eigenvalue weighted by molar-refractivity contribution is 4.83. The maximum atomic E-state index is 6.11. The monoisotopic (exact) mass is 155 g/mol. The lowest BCUT2D eigenvalue weighted by molar-refractivity contribution is 0.209. The van der Waals surface area contributed by atoms with E-state index in [1.165, 1.54) is 32.1 Å². The summed E-state index contributed by atoms with van der Waals surface area (Å²) in [5.41, 5.74) is 6.11. The molecule has 1 heteroatoms. The maximum absolute atomic E-state index is 6.11. The molecule has 0 aromatic carbocycles. The first-order valence-electron chi connectivity index (χ1n) is 5.01. The van der Waals surface area contributed by atoms with Gasteiger partial charge >= 0.3 is 0 Å². The minimum Gasteiger partial charge on any atom is -0.327 e. The second-order valence-corrected chi connectivity index (χ2v) is 4.03. The SMILES string of the molecule is CCCC(C)C(N)C1CCC1. The van der Waals surface area contributed by atoms with Gasteiger partial charge in [-0.25, -0.2) is 0 Å². The van der Waals surface area contributed by atoms with Crippen LogP contribution in [0.3, 0.4) is 0 Å². The minimum absolute atomic E-state index is 0.490. The summed E-state index contributed by atoms with van der Waals surface area (Å²) in [5, 5.41) is 0. The Balaban J connectivity index is 2.21. The number of rotatable bonds is 4. The molecule has 2 unspecified atom stereocenters. The van der Waals surface area contributed by atoms with Crippen LogP contribution in [-0.4, -0.2) is 6.04 Å². The summed E-state index contributed by atoms with van der Waals surface area (Å²) >= 11 is 0. The molecule has 0 saturated heterocycles. The molecule has 0 bridgehead atoms. The summed E-state index contributed by atoms with van der Waals surface area (Å²) in [6, 6.07) is 0.490. The zero-order valence-electron chi connectivity index (χ0n) is 7.84. The lowest BCUT2D eigenvalue weighted by atomic mass is 9.75. The van der Waals surface area contributed by atoms with Crippen molar-refractivity contribution in [3.05, 3.63) is 0 Å². The number of hydrogen-bond acceptors (Lipinski definition) is 1. The van der Waals surface area contributed by atoms with Crippen LogP contribution in [0.15, 0.2) is 0 Å². The Hall–Kier alpha value is -0.0400. The van der Waals surface area contributed by atoms with Crippen LogP contribution in [0.1, 0.15) is 46.0 Å². The first-order valence-corrected chi connectivity index (χ1v) is 5.01. The fraction of sp³-hybridized carbons (Fsp3) is 1.00. The van der Waals surface area contributed by atoms with Crippen LogP contribution < -0.4 is 5.73 Å². The zero-order chi connectivity index (χ0) is 8.27. The average Bonchev–Trinajstić information content (AvgIpc) is 1.84. The lowest BCUT2D eigenvalue weighted by Crippen LogP contribution is -2.39. The molecule has 2 N–H and O–H groups in total. The van der Waals surface area contributed by atoms with Gasteiger partial charge in [-0.2, -0.15) is 0 Å². The summed E-state index contributed by atoms with van der Waals surface area (Å²) in [5.74, 6) is 1.60. The predicted octanol–water partition coefficient (Wildman–Crippen LogP) is 2.55. The maximum Gasteiger partial charge on any atom is 0.00929 e. The van der Waals surface area contributed by atoms with E-state index in [0.29, 0.717) is 6.04 Å². The summed E-state index contributed by atoms with van der Waals surface area (Å²) in [6.07, 6.45) is 6.76. The molecule has 0 spiro atoms. The van der Waals surface area contributed by atoms with Gasteiger partial charge in [0.15, 0.2) is 0 Å². The van der Waals surface area contributed by atoms with E-state index in [1.54, 1.807) is 0 Å². The molecule has 2 atom stereocenters. The van der Waals surface area contributed by atoms with Gasteiger partial charge in [-0.05, 0) is 31.1 Å². The molecule has 0 aromatic rings. The Morgan fingerprint density at radius 1 is 1.45 bits per heavy atom. The Morgan fingerprint density at radius 2 is 2.09 bits per heavy atom. The molecular formula is C10H21N. The van der Waals surface area contributed by atoms with Crippen molar-refractivity contribution in [2.75, 3.05) is 0 Å². The fourth-order valence-electron chi connectivity index (χ4n) is 1.94. The second-order valence-electron chi connectivity index (χ2n) is 4.03. The van der Waals surface area contributed by atoms with Gasteiger partial charge in [0.25, 0.3) is 0 Å². The van der Waals surface area contributed by atoms with Crippen LogP contribution in [-0.2, 0) is 0 Å². The summed E-state index contributed by atoms with van der Waals surface area (Å²) in [7, 11) is 0. The van der Waals surface area contributed by atoms with Crippen molar-refractivity contribution < 1.29 is 0 Å². The van der Waals surface area contributed by atoms with Gasteiger partial charge in [-0.1, -0.05) is 26.7 Å². The van der Waals surface area contributed by atoms with E-state index in [-0.39, 0.29) is 0 Å². The molecule has 1 saturated carbocycles. The summed E-state index contributed by atoms with van der Waals surface area (Å²) in [4.78, 5) is 0. The van der Waals surface area contributed by atoms with Gasteiger partial charge in [0.05, 0.1) is 0 Å². The van der Waals surface area contributed by atoms with Gasteiger partial charge in [0, 0.05) is 6.04 Å². The number of nitrogens with two attached hydrogens (primary N) is 1. The molecule has 1 rings (SSSR count). The van der Waals surface area contributed by atoms with Crippen LogP contribution in [0, 0.1) is 11.8 Å². The Morgan fingerprint density at radius 3 is 2.45 bits per heavy atom. The molecule has 0 heterocycles. The van der Waals surface area contributed by atoms with E-state index in [4.69, 9.17) is 5.73 Å². The fourth-order valence-corrected chi connectivity index (χ4v) is 1.94. The highest BCUT2D eigenvalue weighted by atomic mass is 14.7. The topological polar surface area (TPSA) is 26.0 Å². The first kappa shape index (κ1) is 9.05. The summed E-state index contributed by atoms with van der Waals surface area (Å²) < 4.78 is 0. The van der Waals surface area contributed by atoms with Gasteiger partial charge in [0.2, 0.25) is 0 Å². The molecule has 0 aromatic heterocycles. The van der Waals surface area contributed by atoms with E-state index in [0.717, 1.165) is 11.8 Å². The van der Waals surface area contributed by atoms with Crippen LogP contribution in [0.5, 0.6) is 0 Å². The molecule has 1 aliphatic carbocycles. The molecular weight excluding hydrogens is 134 g/mol. The van der Waals surface area contributed by atoms with Crippen molar-refractivity contribution in [2.45, 2.75) is 52.0 Å². The second kappa shape index (κ2) is 4.10. The Kier molecular flexibility index (Phi) is 3.38. The van der Waals surface area contributed by atoms with Gasteiger partial charge in [-0.15, -0.1) is 0 Å². The van der Waals surface area contributed by atoms with E-state index >= 15 is 0 Å². The molecule has 0 amide bonds. The first-order chi connectivity index (χ1) is 5.25. The Bertz CT molecular complexity index is 107. The van der Waals surface area contributed by atoms with E-state index < -0.39 is 0 Å². The van der Waals surface area contributed by atoms with Gasteiger partial charge < -0.3 is 5.73 Å². The smallest absolute Gasteiger partial charge is 0.00929 e. The molecule has 0 radical (unpaired) electrons. The largest absolute Gasteiger partial charge is 0.327 e. The average molecular weight is 155 g/mol. The third-order valence-corrected chi connectivity index (χ3v) is 3.10. The molecule has 0 aliphatic heterocycles. The van der Waals surface area contributed by atoms with Crippen molar-refractivity contribution in [1.82, 2.24) is 0 Å². The molecule has 1 aliphatic rings. The minimum atomic E-state index is 0.490. The molecule has 66 valence electrons. The van der Waals surface area contributed by atoms with Crippen molar-refractivity contribution in [3.8, 4) is 0 Å². The van der Waals surface area contributed by atoms with Crippen molar-refractivity contribution in [1.29, 1.82) is 0 Å². The normalized spacial score (nSPS) is 24.3. The third kappa shape index (κ3) is 2.19. The number of hydrogen-bond donors (Lipinski definition) is 1. The molecule has 1 nitrogen and oxygen atoms in total. The molecule has 1 fully saturated rings. The molecule has 11 heavy (non-hydrogen) atoms. The van der Waals surface area contributed by atoms with Crippen LogP contribution in [0.2, 0.25) is 0 Å². The van der Waals surface area contributed by atoms with E-state index in [9.17, 15) is 0 Å². The quantitative estimate of drug-likeness (QED) is 0.663. The third-order valence-electron chi connectivity index (χ3n) is 3.10. The highest BCUT2D eigenvalue weighted by Gasteiger charge is 2.27. The van der Waals surface area contributed by atoms with Gasteiger partial charge in [0.1, 0.15) is 0 Å². The van der Waals surface area contributed by atoms with Crippen molar-refractivity contribution in [3.63, 3.8) is 0 Å². The van der Waals surface area contributed by atoms with E-state index in [2.05, 4.69) is 13.8 Å². The zero-order valence-corrected chi connectivity index (χ0v) is 7.84. The standard InChI is InChI=1S/C10H21N/c1-3-5-8(2)10(11)9-6-4-7-9/h8-10H,3-7,11H2,1-2H3. The van der Waals surface area contributed by atoms with Crippen LogP contribution >= 0.6 is 0 Å². The lowest BCUT2D eigenvalue weighted by Gasteiger charge is -2.34.